The van der Waals surface area contributed by atoms with Crippen LogP contribution in [0.4, 0.5) is 0 Å². The van der Waals surface area contributed by atoms with Crippen LogP contribution in [0.25, 0.3) is 0 Å². The fourth-order valence-corrected chi connectivity index (χ4v) is 3.16. The Labute approximate surface area is 163 Å². The number of H-pyrrole nitrogens is 1. The maximum Gasteiger partial charge on any atom is 0.207 e. The lowest BCUT2D eigenvalue weighted by molar-refractivity contribution is 0.103. The molecule has 0 fully saturated rings. The second kappa shape index (κ2) is 10.7. The SMILES string of the molecule is C#CCN/C(NCCSCc1nc[nH]c1C)=C(\C#N)C(=O)c1ccccc1. The third-order valence-electron chi connectivity index (χ3n) is 3.71. The average Bonchev–Trinajstić information content (AvgIpc) is 3.11. The number of aromatic amines is 1. The first-order chi connectivity index (χ1) is 13.2. The number of thioether (sulfide) groups is 1. The van der Waals surface area contributed by atoms with Crippen molar-refractivity contribution >= 4 is 17.5 Å². The van der Waals surface area contributed by atoms with E-state index in [4.69, 9.17) is 6.42 Å². The zero-order valence-electron chi connectivity index (χ0n) is 15.1. The number of nitrogens with one attached hydrogen (secondary N) is 3. The Hall–Kier alpha value is -3.16. The Bertz CT molecular complexity index is 874. The Balaban J connectivity index is 2.00. The first kappa shape index (κ1) is 20.2. The number of carbonyl (C=O) groups is 1. The highest BCUT2D eigenvalue weighted by Crippen LogP contribution is 2.13. The molecule has 1 heterocycles. The number of carbonyl (C=O) groups excluding carboxylic acids is 1. The van der Waals surface area contributed by atoms with Crippen LogP contribution < -0.4 is 10.6 Å². The van der Waals surface area contributed by atoms with Crippen LogP contribution in [-0.4, -0.2) is 34.6 Å². The topological polar surface area (TPSA) is 93.6 Å². The number of hydrogen-bond acceptors (Lipinski definition) is 6. The summed E-state index contributed by atoms with van der Waals surface area (Å²) in [6.45, 7) is 2.78. The van der Waals surface area contributed by atoms with Gasteiger partial charge in [0.2, 0.25) is 5.78 Å². The van der Waals surface area contributed by atoms with E-state index in [1.54, 1.807) is 42.4 Å². The van der Waals surface area contributed by atoms with Gasteiger partial charge < -0.3 is 15.6 Å². The van der Waals surface area contributed by atoms with Gasteiger partial charge in [0.15, 0.2) is 0 Å². The predicted molar refractivity (Wildman–Crippen MR) is 108 cm³/mol. The number of Topliss-reactive ketones (excluding diaryl/α,β-unsaturated/α-hetero) is 1. The summed E-state index contributed by atoms with van der Waals surface area (Å²) in [7, 11) is 0. The number of allylic oxidation sites excluding steroid dienone is 1. The van der Waals surface area contributed by atoms with E-state index in [-0.39, 0.29) is 17.9 Å². The number of rotatable bonds is 10. The largest absolute Gasteiger partial charge is 0.370 e. The van der Waals surface area contributed by atoms with Crippen molar-refractivity contribution in [3.8, 4) is 18.4 Å². The second-order valence-corrected chi connectivity index (χ2v) is 6.67. The highest BCUT2D eigenvalue weighted by atomic mass is 32.2. The second-order valence-electron chi connectivity index (χ2n) is 5.57. The van der Waals surface area contributed by atoms with Crippen molar-refractivity contribution in [3.05, 3.63) is 65.0 Å². The van der Waals surface area contributed by atoms with E-state index in [0.29, 0.717) is 17.9 Å². The van der Waals surface area contributed by atoms with Gasteiger partial charge in [-0.2, -0.15) is 17.0 Å². The number of imidazole rings is 1. The van der Waals surface area contributed by atoms with Crippen LogP contribution in [0.1, 0.15) is 21.7 Å². The summed E-state index contributed by atoms with van der Waals surface area (Å²) in [6.07, 6.45) is 6.99. The quantitative estimate of drug-likeness (QED) is 0.193. The number of benzene rings is 1. The van der Waals surface area contributed by atoms with E-state index >= 15 is 0 Å². The molecular formula is C20H21N5OS. The number of aromatic nitrogens is 2. The molecule has 0 bridgehead atoms. The predicted octanol–water partition coefficient (Wildman–Crippen LogP) is 2.38. The van der Waals surface area contributed by atoms with Crippen molar-refractivity contribution in [2.75, 3.05) is 18.8 Å². The van der Waals surface area contributed by atoms with Gasteiger partial charge >= 0.3 is 0 Å². The van der Waals surface area contributed by atoms with Gasteiger partial charge in [-0.3, -0.25) is 4.79 Å². The Morgan fingerprint density at radius 3 is 2.74 bits per heavy atom. The normalized spacial score (nSPS) is 11.1. The first-order valence-electron chi connectivity index (χ1n) is 8.39. The van der Waals surface area contributed by atoms with Gasteiger partial charge in [0.25, 0.3) is 0 Å². The highest BCUT2D eigenvalue weighted by molar-refractivity contribution is 7.98. The Morgan fingerprint density at radius 1 is 1.33 bits per heavy atom. The van der Waals surface area contributed by atoms with E-state index in [1.807, 2.05) is 19.1 Å². The minimum Gasteiger partial charge on any atom is -0.370 e. The summed E-state index contributed by atoms with van der Waals surface area (Å²) in [4.78, 5) is 19.9. The molecule has 1 aromatic carbocycles. The third-order valence-corrected chi connectivity index (χ3v) is 4.68. The number of terminal acetylenes is 1. The number of nitrogens with zero attached hydrogens (tertiary/aromatic N) is 2. The smallest absolute Gasteiger partial charge is 0.207 e. The summed E-state index contributed by atoms with van der Waals surface area (Å²) >= 11 is 1.71. The van der Waals surface area contributed by atoms with Gasteiger partial charge in [-0.15, -0.1) is 6.42 Å². The first-order valence-corrected chi connectivity index (χ1v) is 9.54. The van der Waals surface area contributed by atoms with Gasteiger partial charge in [0.1, 0.15) is 17.5 Å². The molecule has 0 aliphatic carbocycles. The van der Waals surface area contributed by atoms with Crippen LogP contribution in [0.15, 0.2) is 48.1 Å². The third kappa shape index (κ3) is 5.95. The number of ketones is 1. The molecule has 0 spiro atoms. The molecule has 0 atom stereocenters. The molecule has 7 heteroatoms. The number of hydrogen-bond donors (Lipinski definition) is 3. The van der Waals surface area contributed by atoms with Crippen molar-refractivity contribution in [1.29, 1.82) is 5.26 Å². The Morgan fingerprint density at radius 2 is 2.11 bits per heavy atom. The van der Waals surface area contributed by atoms with Crippen LogP contribution in [0, 0.1) is 30.6 Å². The fraction of sp³-hybridized carbons (Fsp3) is 0.250. The minimum atomic E-state index is -0.343. The average molecular weight is 379 g/mol. The van der Waals surface area contributed by atoms with E-state index in [0.717, 1.165) is 22.9 Å². The molecule has 138 valence electrons. The molecule has 0 aliphatic rings. The van der Waals surface area contributed by atoms with Crippen LogP contribution >= 0.6 is 11.8 Å². The maximum atomic E-state index is 12.6. The lowest BCUT2D eigenvalue weighted by Crippen LogP contribution is -2.31. The zero-order chi connectivity index (χ0) is 19.5. The molecule has 27 heavy (non-hydrogen) atoms. The lowest BCUT2D eigenvalue weighted by atomic mass is 10.0. The molecule has 0 unspecified atom stereocenters. The van der Waals surface area contributed by atoms with Gasteiger partial charge in [-0.1, -0.05) is 36.3 Å². The lowest BCUT2D eigenvalue weighted by Gasteiger charge is -2.14. The summed E-state index contributed by atoms with van der Waals surface area (Å²) in [5.41, 5.74) is 2.56. The van der Waals surface area contributed by atoms with E-state index < -0.39 is 0 Å². The van der Waals surface area contributed by atoms with Crippen molar-refractivity contribution < 1.29 is 4.79 Å². The molecule has 3 N–H and O–H groups in total. The van der Waals surface area contributed by atoms with Crippen molar-refractivity contribution in [3.63, 3.8) is 0 Å². The van der Waals surface area contributed by atoms with E-state index in [1.165, 1.54) is 0 Å². The summed E-state index contributed by atoms with van der Waals surface area (Å²) in [6, 6.07) is 10.7. The fourth-order valence-electron chi connectivity index (χ4n) is 2.28. The number of aryl methyl sites for hydroxylation is 1. The van der Waals surface area contributed by atoms with Crippen LogP contribution in [0.3, 0.4) is 0 Å². The number of nitriles is 1. The van der Waals surface area contributed by atoms with Gasteiger partial charge in [0.05, 0.1) is 18.6 Å². The van der Waals surface area contributed by atoms with Crippen molar-refractivity contribution in [2.24, 2.45) is 0 Å². The molecule has 0 amide bonds. The molecule has 1 aromatic heterocycles. The molecule has 2 aromatic rings. The molecule has 6 nitrogen and oxygen atoms in total. The van der Waals surface area contributed by atoms with Crippen LogP contribution in [-0.2, 0) is 5.75 Å². The van der Waals surface area contributed by atoms with Gasteiger partial charge in [0, 0.05) is 29.3 Å². The minimum absolute atomic E-state index is 0.0181. The van der Waals surface area contributed by atoms with Gasteiger partial charge in [-0.05, 0) is 6.92 Å². The van der Waals surface area contributed by atoms with E-state index in [9.17, 15) is 10.1 Å². The maximum absolute atomic E-state index is 12.6. The van der Waals surface area contributed by atoms with Crippen LogP contribution in [0.2, 0.25) is 0 Å². The zero-order valence-corrected chi connectivity index (χ0v) is 15.9. The monoisotopic (exact) mass is 379 g/mol. The summed E-state index contributed by atoms with van der Waals surface area (Å²) in [5, 5.41) is 15.6. The molecular weight excluding hydrogens is 358 g/mol. The highest BCUT2D eigenvalue weighted by Gasteiger charge is 2.17. The molecule has 0 saturated carbocycles. The van der Waals surface area contributed by atoms with Gasteiger partial charge in [-0.25, -0.2) is 4.98 Å². The molecule has 2 rings (SSSR count). The Kier molecular flexibility index (Phi) is 8.02. The summed E-state index contributed by atoms with van der Waals surface area (Å²) < 4.78 is 0. The summed E-state index contributed by atoms with van der Waals surface area (Å²) in [5.74, 6) is 4.06. The van der Waals surface area contributed by atoms with Crippen LogP contribution in [0.5, 0.6) is 0 Å². The van der Waals surface area contributed by atoms with Crippen molar-refractivity contribution in [1.82, 2.24) is 20.6 Å². The molecule has 0 saturated heterocycles. The van der Waals surface area contributed by atoms with E-state index in [2.05, 4.69) is 26.5 Å². The van der Waals surface area contributed by atoms with Crippen molar-refractivity contribution in [2.45, 2.75) is 12.7 Å². The molecule has 0 radical (unpaired) electrons. The standard InChI is InChI=1S/C20H21N5OS/c1-3-9-22-20(17(12-21)19(26)16-7-5-4-6-8-16)23-10-11-27-13-18-15(2)24-14-25-18/h1,4-8,14,22-23H,9-11,13H2,2H3,(H,24,25)/b20-17-. The molecule has 0 aliphatic heterocycles.